The summed E-state index contributed by atoms with van der Waals surface area (Å²) in [6, 6.07) is 23.4. The Balaban J connectivity index is 1.81. The molecule has 0 aliphatic heterocycles. The maximum absolute atomic E-state index is 11.4. The molecule has 4 aromatic rings. The van der Waals surface area contributed by atoms with Crippen molar-refractivity contribution in [1.82, 2.24) is 9.55 Å². The summed E-state index contributed by atoms with van der Waals surface area (Å²) in [6.07, 6.45) is 0.678. The van der Waals surface area contributed by atoms with Gasteiger partial charge in [-0.1, -0.05) is 58.4 Å². The zero-order valence-electron chi connectivity index (χ0n) is 14.5. The first kappa shape index (κ1) is 17.5. The summed E-state index contributed by atoms with van der Waals surface area (Å²) in [5.74, 6) is -0.0162. The van der Waals surface area contributed by atoms with Crippen LogP contribution in [0.15, 0.2) is 77.3 Å². The van der Waals surface area contributed by atoms with Gasteiger partial charge in [0.05, 0.1) is 16.6 Å². The van der Waals surface area contributed by atoms with E-state index in [-0.39, 0.29) is 5.56 Å². The van der Waals surface area contributed by atoms with Crippen LogP contribution in [0.25, 0.3) is 11.0 Å². The number of fused-ring (bicyclic) bond motifs is 1. The van der Waals surface area contributed by atoms with E-state index in [2.05, 4.69) is 44.8 Å². The fourth-order valence-electron chi connectivity index (χ4n) is 3.17. The Kier molecular flexibility index (Phi) is 4.77. The third kappa shape index (κ3) is 3.78. The van der Waals surface area contributed by atoms with E-state index in [1.807, 2.05) is 30.3 Å². The van der Waals surface area contributed by atoms with Gasteiger partial charge in [0.15, 0.2) is 0 Å². The molecule has 0 radical (unpaired) electrons. The van der Waals surface area contributed by atoms with E-state index >= 15 is 0 Å². The van der Waals surface area contributed by atoms with Crippen molar-refractivity contribution >= 4 is 32.9 Å². The summed E-state index contributed by atoms with van der Waals surface area (Å²) in [4.78, 5) is 16.2. The number of benzene rings is 3. The van der Waals surface area contributed by atoms with Crippen molar-refractivity contribution in [2.75, 3.05) is 0 Å². The van der Waals surface area contributed by atoms with E-state index in [1.54, 1.807) is 18.2 Å². The van der Waals surface area contributed by atoms with Gasteiger partial charge >= 0.3 is 5.97 Å². The van der Waals surface area contributed by atoms with Gasteiger partial charge in [-0.25, -0.2) is 9.78 Å². The number of halogens is 1. The Bertz CT molecular complexity index is 1100. The Morgan fingerprint density at radius 3 is 2.41 bits per heavy atom. The number of carbonyl (C=O) groups is 1. The highest BCUT2D eigenvalue weighted by molar-refractivity contribution is 9.10. The van der Waals surface area contributed by atoms with Crippen molar-refractivity contribution in [3.05, 3.63) is 99.8 Å². The summed E-state index contributed by atoms with van der Waals surface area (Å²) in [5, 5.41) is 9.36. The molecule has 5 heteroatoms. The second-order valence-electron chi connectivity index (χ2n) is 6.41. The largest absolute Gasteiger partial charge is 0.478 e. The number of carboxylic acid groups (broad SMARTS) is 1. The molecule has 0 atom stereocenters. The molecule has 0 amide bonds. The van der Waals surface area contributed by atoms with Gasteiger partial charge in [0.25, 0.3) is 0 Å². The predicted molar refractivity (Wildman–Crippen MR) is 109 cm³/mol. The summed E-state index contributed by atoms with van der Waals surface area (Å²) in [7, 11) is 0. The molecule has 27 heavy (non-hydrogen) atoms. The SMILES string of the molecule is O=C(O)c1ccc2nc(Cc3ccc(Br)cc3)n(Cc3ccccc3)c2c1. The van der Waals surface area contributed by atoms with E-state index in [0.29, 0.717) is 13.0 Å². The summed E-state index contributed by atoms with van der Waals surface area (Å²) in [6.45, 7) is 0.645. The van der Waals surface area contributed by atoms with Crippen LogP contribution in [-0.2, 0) is 13.0 Å². The highest BCUT2D eigenvalue weighted by Crippen LogP contribution is 2.22. The predicted octanol–water partition coefficient (Wildman–Crippen LogP) is 5.14. The molecule has 0 bridgehead atoms. The van der Waals surface area contributed by atoms with Crippen LogP contribution in [0, 0.1) is 0 Å². The van der Waals surface area contributed by atoms with Crippen LogP contribution in [0.1, 0.15) is 27.3 Å². The first-order valence-corrected chi connectivity index (χ1v) is 9.40. The van der Waals surface area contributed by atoms with Crippen molar-refractivity contribution in [1.29, 1.82) is 0 Å². The lowest BCUT2D eigenvalue weighted by Crippen LogP contribution is -2.06. The van der Waals surface area contributed by atoms with Crippen molar-refractivity contribution in [3.8, 4) is 0 Å². The molecule has 0 aliphatic carbocycles. The number of hydrogen-bond acceptors (Lipinski definition) is 2. The minimum absolute atomic E-state index is 0.270. The number of imidazole rings is 1. The Morgan fingerprint density at radius 1 is 0.963 bits per heavy atom. The average Bonchev–Trinajstić information content (AvgIpc) is 3.01. The molecule has 1 N–H and O–H groups in total. The second kappa shape index (κ2) is 7.37. The Morgan fingerprint density at radius 2 is 1.70 bits per heavy atom. The van der Waals surface area contributed by atoms with Crippen LogP contribution in [0.3, 0.4) is 0 Å². The summed E-state index contributed by atoms with van der Waals surface area (Å²) < 4.78 is 3.15. The number of aromatic carboxylic acids is 1. The van der Waals surface area contributed by atoms with Crippen LogP contribution < -0.4 is 0 Å². The topological polar surface area (TPSA) is 55.1 Å². The van der Waals surface area contributed by atoms with Gasteiger partial charge in [-0.3, -0.25) is 0 Å². The van der Waals surface area contributed by atoms with Gasteiger partial charge in [-0.05, 0) is 41.5 Å². The minimum atomic E-state index is -0.932. The number of carboxylic acids is 1. The van der Waals surface area contributed by atoms with Crippen molar-refractivity contribution in [2.45, 2.75) is 13.0 Å². The third-order valence-corrected chi connectivity index (χ3v) is 5.06. The van der Waals surface area contributed by atoms with Crippen LogP contribution in [0.2, 0.25) is 0 Å². The van der Waals surface area contributed by atoms with Gasteiger partial charge in [-0.2, -0.15) is 0 Å². The van der Waals surface area contributed by atoms with Crippen LogP contribution in [-0.4, -0.2) is 20.6 Å². The van der Waals surface area contributed by atoms with Crippen LogP contribution in [0.4, 0.5) is 0 Å². The van der Waals surface area contributed by atoms with Crippen molar-refractivity contribution < 1.29 is 9.90 Å². The normalized spacial score (nSPS) is 11.0. The number of aromatic nitrogens is 2. The highest BCUT2D eigenvalue weighted by Gasteiger charge is 2.14. The molecular weight excluding hydrogens is 404 g/mol. The standard InChI is InChI=1S/C22H17BrN2O2/c23-18-9-6-15(7-10-18)12-21-24-19-11-8-17(22(26)27)13-20(19)25(21)14-16-4-2-1-3-5-16/h1-11,13H,12,14H2,(H,26,27). The summed E-state index contributed by atoms with van der Waals surface area (Å²) in [5.41, 5.74) is 4.22. The number of rotatable bonds is 5. The first-order valence-electron chi connectivity index (χ1n) is 8.61. The van der Waals surface area contributed by atoms with Gasteiger partial charge in [0, 0.05) is 17.4 Å². The molecule has 4 nitrogen and oxygen atoms in total. The lowest BCUT2D eigenvalue weighted by atomic mass is 10.1. The molecule has 1 heterocycles. The lowest BCUT2D eigenvalue weighted by Gasteiger charge is -2.10. The molecule has 0 aliphatic rings. The van der Waals surface area contributed by atoms with Gasteiger partial charge in [-0.15, -0.1) is 0 Å². The van der Waals surface area contributed by atoms with E-state index in [0.717, 1.165) is 32.5 Å². The van der Waals surface area contributed by atoms with Gasteiger partial charge < -0.3 is 9.67 Å². The maximum atomic E-state index is 11.4. The smallest absolute Gasteiger partial charge is 0.335 e. The molecule has 4 rings (SSSR count). The van der Waals surface area contributed by atoms with E-state index in [9.17, 15) is 9.90 Å². The third-order valence-electron chi connectivity index (χ3n) is 4.53. The Labute approximate surface area is 165 Å². The molecule has 0 spiro atoms. The molecule has 0 unspecified atom stereocenters. The molecule has 1 aromatic heterocycles. The summed E-state index contributed by atoms with van der Waals surface area (Å²) >= 11 is 3.46. The van der Waals surface area contributed by atoms with E-state index in [4.69, 9.17) is 4.98 Å². The zero-order valence-corrected chi connectivity index (χ0v) is 16.1. The fourth-order valence-corrected chi connectivity index (χ4v) is 3.43. The zero-order chi connectivity index (χ0) is 18.8. The van der Waals surface area contributed by atoms with E-state index in [1.165, 1.54) is 0 Å². The molecule has 3 aromatic carbocycles. The average molecular weight is 421 g/mol. The molecule has 0 saturated carbocycles. The molecule has 0 fully saturated rings. The second-order valence-corrected chi connectivity index (χ2v) is 7.33. The van der Waals surface area contributed by atoms with Crippen LogP contribution in [0.5, 0.6) is 0 Å². The first-order chi connectivity index (χ1) is 13.1. The van der Waals surface area contributed by atoms with Gasteiger partial charge in [0.2, 0.25) is 0 Å². The van der Waals surface area contributed by atoms with Crippen molar-refractivity contribution in [2.24, 2.45) is 0 Å². The quantitative estimate of drug-likeness (QED) is 0.486. The monoisotopic (exact) mass is 420 g/mol. The molecular formula is C22H17BrN2O2. The maximum Gasteiger partial charge on any atom is 0.335 e. The Hall–Kier alpha value is -2.92. The number of nitrogens with zero attached hydrogens (tertiary/aromatic N) is 2. The fraction of sp³-hybridized carbons (Fsp3) is 0.0909. The van der Waals surface area contributed by atoms with Crippen LogP contribution >= 0.6 is 15.9 Å². The van der Waals surface area contributed by atoms with E-state index < -0.39 is 5.97 Å². The number of hydrogen-bond donors (Lipinski definition) is 1. The minimum Gasteiger partial charge on any atom is -0.478 e. The van der Waals surface area contributed by atoms with Gasteiger partial charge in [0.1, 0.15) is 5.82 Å². The van der Waals surface area contributed by atoms with Crippen molar-refractivity contribution in [3.63, 3.8) is 0 Å². The molecule has 134 valence electrons. The highest BCUT2D eigenvalue weighted by atomic mass is 79.9. The lowest BCUT2D eigenvalue weighted by molar-refractivity contribution is 0.0697. The molecule has 0 saturated heterocycles.